The van der Waals surface area contributed by atoms with Crippen molar-refractivity contribution in [3.05, 3.63) is 98.1 Å². The number of anilines is 1. The molecule has 1 aromatic heterocycles. The highest BCUT2D eigenvalue weighted by Crippen LogP contribution is 2.34. The average Bonchev–Trinajstić information content (AvgIpc) is 2.68. The normalized spacial score (nSPS) is 10.9. The van der Waals surface area contributed by atoms with Crippen molar-refractivity contribution in [2.75, 3.05) is 5.32 Å². The van der Waals surface area contributed by atoms with E-state index in [1.165, 1.54) is 17.4 Å². The number of hydrogen-bond acceptors (Lipinski definition) is 3. The van der Waals surface area contributed by atoms with E-state index in [1.54, 1.807) is 18.2 Å². The van der Waals surface area contributed by atoms with Gasteiger partial charge in [-0.05, 0) is 42.8 Å². The highest BCUT2D eigenvalue weighted by Gasteiger charge is 2.18. The Bertz CT molecular complexity index is 1310. The van der Waals surface area contributed by atoms with Gasteiger partial charge in [-0.3, -0.25) is 9.59 Å². The quantitative estimate of drug-likeness (QED) is 0.381. The third-order valence-corrected chi connectivity index (χ3v) is 6.14. The van der Waals surface area contributed by atoms with Crippen molar-refractivity contribution in [3.63, 3.8) is 0 Å². The molecule has 0 aliphatic heterocycles. The number of nitrogens with one attached hydrogen (secondary N) is 1. The summed E-state index contributed by atoms with van der Waals surface area (Å²) in [7, 11) is 0. The second-order valence-corrected chi connectivity index (χ2v) is 8.48. The highest BCUT2D eigenvalue weighted by molar-refractivity contribution is 7.22. The maximum Gasteiger partial charge on any atom is 0.257 e. The van der Waals surface area contributed by atoms with E-state index in [-0.39, 0.29) is 10.5 Å². The Kier molecular flexibility index (Phi) is 5.41. The molecule has 1 heterocycles. The highest BCUT2D eigenvalue weighted by atomic mass is 35.5. The van der Waals surface area contributed by atoms with Gasteiger partial charge in [-0.15, -0.1) is 11.3 Å². The molecule has 6 heteroatoms. The number of halogens is 2. The molecule has 144 valence electrons. The SMILES string of the molecule is Cc1cccc(-c2c(NC(=O)c3ccc(Cl)cc3Cl)sc3ccccc3c2=O)c1. The molecule has 3 nitrogen and oxygen atoms in total. The van der Waals surface area contributed by atoms with E-state index >= 15 is 0 Å². The van der Waals surface area contributed by atoms with E-state index in [2.05, 4.69) is 5.32 Å². The first-order valence-electron chi connectivity index (χ1n) is 8.83. The van der Waals surface area contributed by atoms with Crippen LogP contribution in [0, 0.1) is 6.92 Å². The van der Waals surface area contributed by atoms with Crippen molar-refractivity contribution in [2.24, 2.45) is 0 Å². The van der Waals surface area contributed by atoms with Gasteiger partial charge >= 0.3 is 0 Å². The third kappa shape index (κ3) is 3.92. The van der Waals surface area contributed by atoms with Crippen molar-refractivity contribution in [1.29, 1.82) is 0 Å². The fourth-order valence-corrected chi connectivity index (χ4v) is 4.72. The molecule has 1 amide bonds. The molecule has 4 aromatic rings. The molecule has 3 aromatic carbocycles. The Balaban J connectivity index is 1.89. The van der Waals surface area contributed by atoms with Crippen LogP contribution >= 0.6 is 34.5 Å². The first kappa shape index (κ1) is 19.6. The zero-order valence-corrected chi connectivity index (χ0v) is 17.7. The smallest absolute Gasteiger partial charge is 0.257 e. The lowest BCUT2D eigenvalue weighted by molar-refractivity contribution is 0.102. The van der Waals surface area contributed by atoms with E-state index < -0.39 is 5.91 Å². The van der Waals surface area contributed by atoms with Crippen LogP contribution in [0.1, 0.15) is 15.9 Å². The van der Waals surface area contributed by atoms with Gasteiger partial charge < -0.3 is 5.32 Å². The van der Waals surface area contributed by atoms with Crippen LogP contribution in [0.25, 0.3) is 21.2 Å². The second-order valence-electron chi connectivity index (χ2n) is 6.58. The molecule has 29 heavy (non-hydrogen) atoms. The standard InChI is InChI=1S/C23H15Cl2NO2S/c1-13-5-4-6-14(11-13)20-21(27)17-7-2-3-8-19(17)29-23(20)26-22(28)16-10-9-15(24)12-18(16)25/h2-12H,1H3,(H,26,28). The van der Waals surface area contributed by atoms with Gasteiger partial charge in [0.1, 0.15) is 5.00 Å². The molecular formula is C23H15Cl2NO2S. The summed E-state index contributed by atoms with van der Waals surface area (Å²) < 4.78 is 0.798. The molecule has 0 aliphatic carbocycles. The Labute approximate surface area is 181 Å². The van der Waals surface area contributed by atoms with Crippen molar-refractivity contribution < 1.29 is 4.79 Å². The molecular weight excluding hydrogens is 425 g/mol. The molecule has 0 saturated heterocycles. The molecule has 0 fully saturated rings. The van der Waals surface area contributed by atoms with Crippen LogP contribution in [0.4, 0.5) is 5.00 Å². The van der Waals surface area contributed by atoms with Gasteiger partial charge in [0.05, 0.1) is 16.1 Å². The zero-order valence-electron chi connectivity index (χ0n) is 15.3. The van der Waals surface area contributed by atoms with Gasteiger partial charge in [0, 0.05) is 15.1 Å². The van der Waals surface area contributed by atoms with Crippen molar-refractivity contribution >= 4 is 55.5 Å². The van der Waals surface area contributed by atoms with E-state index in [0.29, 0.717) is 26.5 Å². The Hall–Kier alpha value is -2.66. The summed E-state index contributed by atoms with van der Waals surface area (Å²) in [6, 6.07) is 19.7. The number of carbonyl (C=O) groups excluding carboxylic acids is 1. The molecule has 4 rings (SSSR count). The number of fused-ring (bicyclic) bond motifs is 1. The second kappa shape index (κ2) is 7.99. The maximum atomic E-state index is 13.3. The molecule has 1 N–H and O–H groups in total. The summed E-state index contributed by atoms with van der Waals surface area (Å²) in [5.41, 5.74) is 2.42. The van der Waals surface area contributed by atoms with Crippen LogP contribution in [0.2, 0.25) is 10.0 Å². The van der Waals surface area contributed by atoms with Crippen LogP contribution < -0.4 is 10.7 Å². The first-order valence-corrected chi connectivity index (χ1v) is 10.4. The predicted octanol–water partition coefficient (Wildman–Crippen LogP) is 6.80. The third-order valence-electron chi connectivity index (χ3n) is 4.51. The van der Waals surface area contributed by atoms with Crippen LogP contribution in [-0.2, 0) is 0 Å². The van der Waals surface area contributed by atoms with Gasteiger partial charge in [0.2, 0.25) is 0 Å². The minimum atomic E-state index is -0.397. The number of aryl methyl sites for hydroxylation is 1. The minimum Gasteiger partial charge on any atom is -0.313 e. The largest absolute Gasteiger partial charge is 0.313 e. The zero-order chi connectivity index (χ0) is 20.5. The van der Waals surface area contributed by atoms with Gasteiger partial charge in [-0.25, -0.2) is 0 Å². The molecule has 0 saturated carbocycles. The fourth-order valence-electron chi connectivity index (χ4n) is 3.14. The minimum absolute atomic E-state index is 0.123. The van der Waals surface area contributed by atoms with Crippen molar-refractivity contribution in [3.8, 4) is 11.1 Å². The van der Waals surface area contributed by atoms with E-state index in [0.717, 1.165) is 15.8 Å². The van der Waals surface area contributed by atoms with E-state index in [4.69, 9.17) is 23.2 Å². The van der Waals surface area contributed by atoms with E-state index in [9.17, 15) is 9.59 Å². The first-order chi connectivity index (χ1) is 13.9. The van der Waals surface area contributed by atoms with Gasteiger partial charge in [-0.2, -0.15) is 0 Å². The number of carbonyl (C=O) groups is 1. The Morgan fingerprint density at radius 2 is 1.76 bits per heavy atom. The predicted molar refractivity (Wildman–Crippen MR) is 123 cm³/mol. The molecule has 0 unspecified atom stereocenters. The van der Waals surface area contributed by atoms with Crippen molar-refractivity contribution in [2.45, 2.75) is 6.92 Å². The number of amides is 1. The topological polar surface area (TPSA) is 46.2 Å². The Morgan fingerprint density at radius 1 is 0.966 bits per heavy atom. The summed E-state index contributed by atoms with van der Waals surface area (Å²) in [5, 5.41) is 4.69. The van der Waals surface area contributed by atoms with Crippen LogP contribution in [0.5, 0.6) is 0 Å². The van der Waals surface area contributed by atoms with Crippen LogP contribution in [0.15, 0.2) is 71.5 Å². The number of hydrogen-bond donors (Lipinski definition) is 1. The molecule has 0 radical (unpaired) electrons. The van der Waals surface area contributed by atoms with Gasteiger partial charge in [0.25, 0.3) is 5.91 Å². The maximum absolute atomic E-state index is 13.3. The Morgan fingerprint density at radius 3 is 2.52 bits per heavy atom. The van der Waals surface area contributed by atoms with E-state index in [1.807, 2.05) is 49.4 Å². The van der Waals surface area contributed by atoms with Crippen molar-refractivity contribution in [1.82, 2.24) is 0 Å². The lowest BCUT2D eigenvalue weighted by Crippen LogP contribution is -2.16. The summed E-state index contributed by atoms with van der Waals surface area (Å²) in [5.74, 6) is -0.397. The molecule has 0 atom stereocenters. The summed E-state index contributed by atoms with van der Waals surface area (Å²) in [4.78, 5) is 26.2. The number of rotatable bonds is 3. The molecule has 0 bridgehead atoms. The summed E-state index contributed by atoms with van der Waals surface area (Å²) >= 11 is 13.5. The monoisotopic (exact) mass is 439 g/mol. The number of benzene rings is 3. The molecule has 0 spiro atoms. The van der Waals surface area contributed by atoms with Crippen LogP contribution in [0.3, 0.4) is 0 Å². The lowest BCUT2D eigenvalue weighted by atomic mass is 10.0. The summed E-state index contributed by atoms with van der Waals surface area (Å²) in [6.45, 7) is 1.96. The van der Waals surface area contributed by atoms with Gasteiger partial charge in [-0.1, -0.05) is 65.2 Å². The van der Waals surface area contributed by atoms with Gasteiger partial charge in [0.15, 0.2) is 5.43 Å². The average molecular weight is 440 g/mol. The summed E-state index contributed by atoms with van der Waals surface area (Å²) in [6.07, 6.45) is 0. The van der Waals surface area contributed by atoms with Crippen LogP contribution in [-0.4, -0.2) is 5.91 Å². The lowest BCUT2D eigenvalue weighted by Gasteiger charge is -2.13. The molecule has 0 aliphatic rings. The fraction of sp³-hybridized carbons (Fsp3) is 0.0435.